The largest absolute Gasteiger partial charge is 0.302 e. The maximum absolute atomic E-state index is 10.2. The van der Waals surface area contributed by atoms with E-state index in [0.717, 1.165) is 19.5 Å². The van der Waals surface area contributed by atoms with Crippen molar-refractivity contribution in [3.63, 3.8) is 0 Å². The van der Waals surface area contributed by atoms with Crippen molar-refractivity contribution in [3.05, 3.63) is 11.8 Å². The number of rotatable bonds is 2. The average Bonchev–Trinajstić information content (AvgIpc) is 2.31. The predicted molar refractivity (Wildman–Crippen MR) is 44.1 cm³/mol. The molecule has 1 fully saturated rings. The summed E-state index contributed by atoms with van der Waals surface area (Å²) in [7, 11) is 2.02. The highest BCUT2D eigenvalue weighted by molar-refractivity contribution is 7.77. The number of hydrogen-bond donors (Lipinski definition) is 2. The smallest absolute Gasteiger partial charge is 0.258 e. The Morgan fingerprint density at radius 1 is 1.82 bits per heavy atom. The van der Waals surface area contributed by atoms with Gasteiger partial charge in [0.05, 0.1) is 0 Å². The van der Waals surface area contributed by atoms with E-state index in [1.807, 2.05) is 7.05 Å². The third-order valence-corrected chi connectivity index (χ3v) is 1.97. The molecular weight excluding hydrogens is 164 g/mol. The first-order valence-electron chi connectivity index (χ1n) is 3.42. The van der Waals surface area contributed by atoms with E-state index in [4.69, 9.17) is 4.55 Å². The Kier molecular flexibility index (Phi) is 3.04. The van der Waals surface area contributed by atoms with E-state index in [-0.39, 0.29) is 0 Å². The Labute approximate surface area is 68.7 Å². The van der Waals surface area contributed by atoms with Gasteiger partial charge in [0.2, 0.25) is 0 Å². The highest BCUT2D eigenvalue weighted by atomic mass is 32.2. The molecule has 0 saturated carbocycles. The molecule has 0 spiro atoms. The monoisotopic (exact) mass is 176 g/mol. The number of likely N-dealkylation sites (N-methyl/N-ethyl adjacent to an activating group) is 1. The van der Waals surface area contributed by atoms with Gasteiger partial charge in [-0.3, -0.25) is 9.27 Å². The molecule has 0 aromatic heterocycles. The standard InChI is InChI=1S/C6H12N2O2S/c1-8-3-2-6(5-8)4-7-11(9)10/h4,7H,2-3,5H2,1H3,(H,9,10). The van der Waals surface area contributed by atoms with Crippen LogP contribution >= 0.6 is 0 Å². The first-order valence-corrected chi connectivity index (χ1v) is 4.52. The molecule has 2 N–H and O–H groups in total. The molecule has 1 heterocycles. The first kappa shape index (κ1) is 8.70. The summed E-state index contributed by atoms with van der Waals surface area (Å²) in [6.45, 7) is 1.93. The van der Waals surface area contributed by atoms with Crippen LogP contribution in [0.4, 0.5) is 0 Å². The van der Waals surface area contributed by atoms with Gasteiger partial charge in [0.15, 0.2) is 0 Å². The molecule has 1 unspecified atom stereocenters. The molecule has 64 valence electrons. The Balaban J connectivity index is 2.36. The molecule has 11 heavy (non-hydrogen) atoms. The second kappa shape index (κ2) is 3.85. The highest BCUT2D eigenvalue weighted by Crippen LogP contribution is 2.11. The summed E-state index contributed by atoms with van der Waals surface area (Å²) < 4.78 is 20.9. The third-order valence-electron chi connectivity index (χ3n) is 1.65. The summed E-state index contributed by atoms with van der Waals surface area (Å²) in [5.41, 5.74) is 1.18. The minimum absolute atomic E-state index is 0.893. The fourth-order valence-corrected chi connectivity index (χ4v) is 1.36. The number of likely N-dealkylation sites (tertiary alicyclic amines) is 1. The zero-order chi connectivity index (χ0) is 8.27. The lowest BCUT2D eigenvalue weighted by molar-refractivity contribution is 0.425. The minimum atomic E-state index is -1.92. The molecule has 1 atom stereocenters. The molecule has 4 nitrogen and oxygen atoms in total. The lowest BCUT2D eigenvalue weighted by atomic mass is 10.3. The Morgan fingerprint density at radius 2 is 2.55 bits per heavy atom. The highest BCUT2D eigenvalue weighted by Gasteiger charge is 2.11. The normalized spacial score (nSPS) is 25.8. The van der Waals surface area contributed by atoms with Crippen molar-refractivity contribution in [1.29, 1.82) is 0 Å². The van der Waals surface area contributed by atoms with Gasteiger partial charge in [0.1, 0.15) is 0 Å². The molecular formula is C6H12N2O2S. The summed E-state index contributed by atoms with van der Waals surface area (Å²) in [5.74, 6) is 0. The summed E-state index contributed by atoms with van der Waals surface area (Å²) in [6, 6.07) is 0. The first-order chi connectivity index (χ1) is 5.18. The van der Waals surface area contributed by atoms with Crippen LogP contribution in [0.25, 0.3) is 0 Å². The van der Waals surface area contributed by atoms with E-state index < -0.39 is 11.3 Å². The molecule has 1 aliphatic heterocycles. The lowest BCUT2D eigenvalue weighted by Crippen LogP contribution is -2.13. The predicted octanol–water partition coefficient (Wildman–Crippen LogP) is -0.0679. The molecule has 5 heteroatoms. The van der Waals surface area contributed by atoms with Gasteiger partial charge in [0.25, 0.3) is 11.3 Å². The van der Waals surface area contributed by atoms with Crippen LogP contribution < -0.4 is 4.72 Å². The van der Waals surface area contributed by atoms with E-state index in [2.05, 4.69) is 9.62 Å². The number of nitrogens with zero attached hydrogens (tertiary/aromatic N) is 1. The fraction of sp³-hybridized carbons (Fsp3) is 0.667. The van der Waals surface area contributed by atoms with Crippen molar-refractivity contribution in [2.45, 2.75) is 6.42 Å². The van der Waals surface area contributed by atoms with Crippen LogP contribution in [0.15, 0.2) is 11.8 Å². The van der Waals surface area contributed by atoms with E-state index in [9.17, 15) is 4.21 Å². The van der Waals surface area contributed by atoms with Gasteiger partial charge in [-0.25, -0.2) is 4.21 Å². The van der Waals surface area contributed by atoms with Crippen LogP contribution in [0.1, 0.15) is 6.42 Å². The van der Waals surface area contributed by atoms with Crippen LogP contribution in [-0.2, 0) is 11.3 Å². The summed E-state index contributed by atoms with van der Waals surface area (Å²) in [4.78, 5) is 2.16. The van der Waals surface area contributed by atoms with Crippen molar-refractivity contribution < 1.29 is 8.76 Å². The van der Waals surface area contributed by atoms with E-state index in [1.54, 1.807) is 6.20 Å². The Bertz CT molecular complexity index is 193. The maximum Gasteiger partial charge on any atom is 0.258 e. The zero-order valence-corrected chi connectivity index (χ0v) is 7.23. The maximum atomic E-state index is 10.2. The van der Waals surface area contributed by atoms with Gasteiger partial charge in [-0.1, -0.05) is 0 Å². The van der Waals surface area contributed by atoms with Crippen LogP contribution in [0.3, 0.4) is 0 Å². The molecule has 0 aromatic carbocycles. The minimum Gasteiger partial charge on any atom is -0.302 e. The van der Waals surface area contributed by atoms with Crippen LogP contribution in [0.5, 0.6) is 0 Å². The number of hydrogen-bond acceptors (Lipinski definition) is 2. The van der Waals surface area contributed by atoms with Gasteiger partial charge < -0.3 is 4.90 Å². The summed E-state index contributed by atoms with van der Waals surface area (Å²) >= 11 is -1.92. The summed E-state index contributed by atoms with van der Waals surface area (Å²) in [6.07, 6.45) is 2.61. The quantitative estimate of drug-likeness (QED) is 0.579. The van der Waals surface area contributed by atoms with Crippen molar-refractivity contribution in [2.75, 3.05) is 20.1 Å². The van der Waals surface area contributed by atoms with Gasteiger partial charge in [-0.2, -0.15) is 0 Å². The van der Waals surface area contributed by atoms with Gasteiger partial charge in [-0.05, 0) is 19.0 Å². The van der Waals surface area contributed by atoms with E-state index in [1.165, 1.54) is 5.57 Å². The molecule has 1 aliphatic rings. The van der Waals surface area contributed by atoms with Crippen LogP contribution in [0.2, 0.25) is 0 Å². The summed E-state index contributed by atoms with van der Waals surface area (Å²) in [5, 5.41) is 0. The van der Waals surface area contributed by atoms with Gasteiger partial charge >= 0.3 is 0 Å². The van der Waals surface area contributed by atoms with Gasteiger partial charge in [-0.15, -0.1) is 0 Å². The molecule has 0 aliphatic carbocycles. The Morgan fingerprint density at radius 3 is 3.00 bits per heavy atom. The fourth-order valence-electron chi connectivity index (χ4n) is 1.09. The second-order valence-electron chi connectivity index (χ2n) is 2.66. The van der Waals surface area contributed by atoms with Gasteiger partial charge in [0, 0.05) is 19.3 Å². The van der Waals surface area contributed by atoms with E-state index >= 15 is 0 Å². The van der Waals surface area contributed by atoms with Crippen molar-refractivity contribution >= 4 is 11.3 Å². The third kappa shape index (κ3) is 3.00. The second-order valence-corrected chi connectivity index (χ2v) is 3.39. The molecule has 1 saturated heterocycles. The molecule has 0 bridgehead atoms. The molecule has 0 amide bonds. The van der Waals surface area contributed by atoms with Crippen molar-refractivity contribution in [2.24, 2.45) is 0 Å². The number of nitrogens with one attached hydrogen (secondary N) is 1. The Hall–Kier alpha value is -0.390. The molecule has 0 aromatic rings. The SMILES string of the molecule is CN1CCC(=CNS(=O)O)C1. The van der Waals surface area contributed by atoms with Crippen molar-refractivity contribution in [1.82, 2.24) is 9.62 Å². The average molecular weight is 176 g/mol. The van der Waals surface area contributed by atoms with Crippen LogP contribution in [0, 0.1) is 0 Å². The lowest BCUT2D eigenvalue weighted by Gasteiger charge is -2.02. The van der Waals surface area contributed by atoms with E-state index in [0.29, 0.717) is 0 Å². The topological polar surface area (TPSA) is 52.6 Å². The van der Waals surface area contributed by atoms with Crippen molar-refractivity contribution in [3.8, 4) is 0 Å². The molecule has 0 radical (unpaired) electrons. The zero-order valence-electron chi connectivity index (χ0n) is 6.41. The molecule has 1 rings (SSSR count). The van der Waals surface area contributed by atoms with Crippen LogP contribution in [-0.4, -0.2) is 33.8 Å².